The summed E-state index contributed by atoms with van der Waals surface area (Å²) in [7, 11) is -3.44. The van der Waals surface area contributed by atoms with Gasteiger partial charge >= 0.3 is 0 Å². The molecular formula is C12H20BrN3O2S. The Balaban J connectivity index is 2.26. The van der Waals surface area contributed by atoms with Gasteiger partial charge in [0, 0.05) is 30.7 Å². The second kappa shape index (κ2) is 5.93. The Labute approximate surface area is 123 Å². The van der Waals surface area contributed by atoms with Crippen molar-refractivity contribution in [2.24, 2.45) is 0 Å². The Morgan fingerprint density at radius 1 is 1.53 bits per heavy atom. The molecule has 0 aromatic carbocycles. The van der Waals surface area contributed by atoms with Crippen LogP contribution in [0.1, 0.15) is 32.0 Å². The largest absolute Gasteiger partial charge is 0.334 e. The zero-order valence-electron chi connectivity index (χ0n) is 11.3. The minimum atomic E-state index is -3.44. The molecule has 1 atom stereocenters. The average molecular weight is 350 g/mol. The van der Waals surface area contributed by atoms with Gasteiger partial charge in [-0.3, -0.25) is 0 Å². The van der Waals surface area contributed by atoms with E-state index in [-0.39, 0.29) is 9.85 Å². The Morgan fingerprint density at radius 2 is 2.26 bits per heavy atom. The van der Waals surface area contributed by atoms with E-state index in [1.54, 1.807) is 6.20 Å². The van der Waals surface area contributed by atoms with Crippen LogP contribution in [0.15, 0.2) is 11.2 Å². The van der Waals surface area contributed by atoms with E-state index in [0.29, 0.717) is 13.1 Å². The second-order valence-electron chi connectivity index (χ2n) is 4.92. The third kappa shape index (κ3) is 3.20. The Morgan fingerprint density at radius 3 is 2.89 bits per heavy atom. The lowest BCUT2D eigenvalue weighted by molar-refractivity contribution is 0.355. The Bertz CT molecular complexity index is 541. The molecule has 108 valence electrons. The molecule has 0 spiro atoms. The summed E-state index contributed by atoms with van der Waals surface area (Å²) in [5.41, 5.74) is 0. The van der Waals surface area contributed by atoms with Crippen molar-refractivity contribution in [3.05, 3.63) is 12.0 Å². The molecule has 0 radical (unpaired) electrons. The van der Waals surface area contributed by atoms with E-state index in [9.17, 15) is 8.42 Å². The molecule has 5 nitrogen and oxygen atoms in total. The zero-order chi connectivity index (χ0) is 14.0. The molecule has 1 fully saturated rings. The van der Waals surface area contributed by atoms with Gasteiger partial charge in [-0.2, -0.15) is 4.31 Å². The van der Waals surface area contributed by atoms with Crippen LogP contribution in [-0.4, -0.2) is 40.2 Å². The number of sulfonamides is 1. The highest BCUT2D eigenvalue weighted by atomic mass is 79.9. The lowest BCUT2D eigenvalue weighted by Gasteiger charge is -2.28. The predicted octanol–water partition coefficient (Wildman–Crippen LogP) is 2.15. The van der Waals surface area contributed by atoms with Crippen molar-refractivity contribution >= 4 is 26.0 Å². The van der Waals surface area contributed by atoms with Crippen LogP contribution >= 0.6 is 15.9 Å². The monoisotopic (exact) mass is 349 g/mol. The summed E-state index contributed by atoms with van der Waals surface area (Å²) in [5, 5.41) is 0.181. The van der Waals surface area contributed by atoms with Gasteiger partial charge < -0.3 is 4.57 Å². The third-order valence-corrected chi connectivity index (χ3v) is 5.83. The Kier molecular flexibility index (Phi) is 4.68. The maximum atomic E-state index is 12.5. The maximum absolute atomic E-state index is 12.5. The fourth-order valence-corrected chi connectivity index (χ4v) is 4.70. The molecule has 7 heteroatoms. The first-order chi connectivity index (χ1) is 8.95. The van der Waals surface area contributed by atoms with E-state index in [4.69, 9.17) is 0 Å². The molecule has 1 saturated heterocycles. The first kappa shape index (κ1) is 15.0. The lowest BCUT2D eigenvalue weighted by Crippen LogP contribution is -2.40. The molecule has 1 aromatic heterocycles. The van der Waals surface area contributed by atoms with Crippen LogP contribution in [0.4, 0.5) is 0 Å². The van der Waals surface area contributed by atoms with Crippen LogP contribution in [0.2, 0.25) is 0 Å². The van der Waals surface area contributed by atoms with E-state index < -0.39 is 10.0 Å². The number of aryl methyl sites for hydroxylation is 2. The summed E-state index contributed by atoms with van der Waals surface area (Å²) >= 11 is 3.51. The van der Waals surface area contributed by atoms with Crippen molar-refractivity contribution in [1.29, 1.82) is 0 Å². The van der Waals surface area contributed by atoms with Crippen LogP contribution in [0.5, 0.6) is 0 Å². The summed E-state index contributed by atoms with van der Waals surface area (Å²) in [6, 6.07) is 0. The fourth-order valence-electron chi connectivity index (χ4n) is 2.31. The second-order valence-corrected chi connectivity index (χ2v) is 8.10. The number of aromatic nitrogens is 2. The van der Waals surface area contributed by atoms with E-state index in [1.807, 2.05) is 11.5 Å². The SMILES string of the molecule is CCCn1cc(S(=O)(=O)N2CCCC(Br)C2)nc1C. The van der Waals surface area contributed by atoms with Gasteiger partial charge in [-0.15, -0.1) is 0 Å². The van der Waals surface area contributed by atoms with Gasteiger partial charge in [0.1, 0.15) is 5.82 Å². The van der Waals surface area contributed by atoms with Gasteiger partial charge in [0.25, 0.3) is 10.0 Å². The van der Waals surface area contributed by atoms with Crippen molar-refractivity contribution in [1.82, 2.24) is 13.9 Å². The van der Waals surface area contributed by atoms with Gasteiger partial charge in [0.15, 0.2) is 5.03 Å². The van der Waals surface area contributed by atoms with Crippen molar-refractivity contribution < 1.29 is 8.42 Å². The number of nitrogens with zero attached hydrogens (tertiary/aromatic N) is 3. The Hall–Kier alpha value is -0.400. The number of halogens is 1. The van der Waals surface area contributed by atoms with Crippen LogP contribution in [0.3, 0.4) is 0 Å². The van der Waals surface area contributed by atoms with Gasteiger partial charge in [-0.25, -0.2) is 13.4 Å². The molecule has 0 saturated carbocycles. The first-order valence-corrected chi connectivity index (χ1v) is 8.98. The van der Waals surface area contributed by atoms with Crippen molar-refractivity contribution in [2.75, 3.05) is 13.1 Å². The standard InChI is InChI=1S/C12H20BrN3O2S/c1-3-6-15-9-12(14-10(15)2)19(17,18)16-7-4-5-11(13)8-16/h9,11H,3-8H2,1-2H3. The number of alkyl halides is 1. The molecule has 2 rings (SSSR count). The maximum Gasteiger partial charge on any atom is 0.262 e. The molecule has 1 aliphatic heterocycles. The van der Waals surface area contributed by atoms with Gasteiger partial charge in [0.05, 0.1) is 0 Å². The number of piperidine rings is 1. The van der Waals surface area contributed by atoms with Gasteiger partial charge in [-0.05, 0) is 26.2 Å². The lowest BCUT2D eigenvalue weighted by atomic mass is 10.2. The van der Waals surface area contributed by atoms with Crippen LogP contribution < -0.4 is 0 Å². The minimum absolute atomic E-state index is 0.181. The molecule has 19 heavy (non-hydrogen) atoms. The van der Waals surface area contributed by atoms with Crippen molar-refractivity contribution in [3.8, 4) is 0 Å². The molecular weight excluding hydrogens is 330 g/mol. The number of imidazole rings is 1. The highest BCUT2D eigenvalue weighted by Gasteiger charge is 2.31. The molecule has 1 aromatic rings. The molecule has 2 heterocycles. The average Bonchev–Trinajstić information content (AvgIpc) is 2.72. The molecule has 1 unspecified atom stereocenters. The summed E-state index contributed by atoms with van der Waals surface area (Å²) < 4.78 is 28.5. The van der Waals surface area contributed by atoms with E-state index in [2.05, 4.69) is 27.8 Å². The van der Waals surface area contributed by atoms with Gasteiger partial charge in [-0.1, -0.05) is 22.9 Å². The van der Waals surface area contributed by atoms with Crippen LogP contribution in [0.25, 0.3) is 0 Å². The normalized spacial score (nSPS) is 21.7. The van der Waals surface area contributed by atoms with Gasteiger partial charge in [0.2, 0.25) is 0 Å². The van der Waals surface area contributed by atoms with E-state index in [1.165, 1.54) is 4.31 Å². The summed E-state index contributed by atoms with van der Waals surface area (Å²) in [5.74, 6) is 0.757. The number of rotatable bonds is 4. The number of hydrogen-bond donors (Lipinski definition) is 0. The van der Waals surface area contributed by atoms with E-state index >= 15 is 0 Å². The summed E-state index contributed by atoms with van der Waals surface area (Å²) in [6.45, 7) is 5.83. The van der Waals surface area contributed by atoms with Crippen molar-refractivity contribution in [2.45, 2.75) is 49.5 Å². The fraction of sp³-hybridized carbons (Fsp3) is 0.750. The molecule has 0 N–H and O–H groups in total. The summed E-state index contributed by atoms with van der Waals surface area (Å²) in [4.78, 5) is 4.46. The molecule has 0 amide bonds. The van der Waals surface area contributed by atoms with Crippen LogP contribution in [0, 0.1) is 6.92 Å². The highest BCUT2D eigenvalue weighted by molar-refractivity contribution is 9.09. The smallest absolute Gasteiger partial charge is 0.262 e. The summed E-state index contributed by atoms with van der Waals surface area (Å²) in [6.07, 6.45) is 4.54. The molecule has 1 aliphatic rings. The predicted molar refractivity (Wildman–Crippen MR) is 78.0 cm³/mol. The van der Waals surface area contributed by atoms with Crippen molar-refractivity contribution in [3.63, 3.8) is 0 Å². The highest BCUT2D eigenvalue weighted by Crippen LogP contribution is 2.23. The van der Waals surface area contributed by atoms with Crippen LogP contribution in [-0.2, 0) is 16.6 Å². The third-order valence-electron chi connectivity index (χ3n) is 3.35. The van der Waals surface area contributed by atoms with E-state index in [0.717, 1.165) is 31.6 Å². The zero-order valence-corrected chi connectivity index (χ0v) is 13.7. The number of hydrogen-bond acceptors (Lipinski definition) is 3. The molecule has 0 aliphatic carbocycles. The molecule has 0 bridgehead atoms. The quantitative estimate of drug-likeness (QED) is 0.782. The topological polar surface area (TPSA) is 55.2 Å². The minimum Gasteiger partial charge on any atom is -0.334 e. The first-order valence-electron chi connectivity index (χ1n) is 6.63.